The van der Waals surface area contributed by atoms with E-state index >= 15 is 0 Å². The molecule has 0 bridgehead atoms. The van der Waals surface area contributed by atoms with Crippen LogP contribution < -0.4 is 5.73 Å². The fourth-order valence-corrected chi connectivity index (χ4v) is 1.27. The molecule has 1 rings (SSSR count). The van der Waals surface area contributed by atoms with Gasteiger partial charge in [0.25, 0.3) is 0 Å². The summed E-state index contributed by atoms with van der Waals surface area (Å²) in [4.78, 5) is 4.52. The van der Waals surface area contributed by atoms with Crippen molar-refractivity contribution in [3.05, 3.63) is 17.7 Å². The Hall–Kier alpha value is -0.830. The van der Waals surface area contributed by atoms with Crippen molar-refractivity contribution in [2.75, 3.05) is 0 Å². The van der Waals surface area contributed by atoms with E-state index in [1.807, 2.05) is 18.5 Å². The number of aromatic nitrogens is 2. The Balaban J connectivity index is 3.10. The van der Waals surface area contributed by atoms with E-state index in [1.54, 1.807) is 0 Å². The lowest BCUT2D eigenvalue weighted by molar-refractivity contribution is 0.569. The van der Waals surface area contributed by atoms with Gasteiger partial charge in [0.15, 0.2) is 0 Å². The molecule has 1 atom stereocenters. The van der Waals surface area contributed by atoms with Crippen LogP contribution in [0.3, 0.4) is 0 Å². The Bertz CT molecular complexity index is 292. The first-order chi connectivity index (χ1) is 5.82. The monoisotopic (exact) mass is 181 g/mol. The molecular formula is C10H19N3. The average molecular weight is 181 g/mol. The summed E-state index contributed by atoms with van der Waals surface area (Å²) in [5, 5.41) is 0. The Morgan fingerprint density at radius 3 is 2.23 bits per heavy atom. The van der Waals surface area contributed by atoms with Crippen molar-refractivity contribution in [3.8, 4) is 0 Å². The highest BCUT2D eigenvalue weighted by Crippen LogP contribution is 2.22. The number of imidazole rings is 1. The molecule has 1 aromatic heterocycles. The van der Waals surface area contributed by atoms with Gasteiger partial charge in [-0.25, -0.2) is 4.98 Å². The molecule has 0 radical (unpaired) electrons. The fraction of sp³-hybridized carbons (Fsp3) is 0.700. The Labute approximate surface area is 80.0 Å². The SMILES string of the molecule is CC(N)c1nc(C(C)(C)C)cn1C. The summed E-state index contributed by atoms with van der Waals surface area (Å²) in [7, 11) is 1.99. The Morgan fingerprint density at radius 1 is 1.46 bits per heavy atom. The molecule has 1 aromatic rings. The van der Waals surface area contributed by atoms with Gasteiger partial charge in [-0.05, 0) is 6.92 Å². The van der Waals surface area contributed by atoms with Crippen LogP contribution in [0.4, 0.5) is 0 Å². The second-order valence-electron chi connectivity index (χ2n) is 4.63. The highest BCUT2D eigenvalue weighted by Gasteiger charge is 2.19. The quantitative estimate of drug-likeness (QED) is 0.717. The van der Waals surface area contributed by atoms with Crippen molar-refractivity contribution in [1.82, 2.24) is 9.55 Å². The van der Waals surface area contributed by atoms with Gasteiger partial charge >= 0.3 is 0 Å². The van der Waals surface area contributed by atoms with E-state index in [0.717, 1.165) is 11.5 Å². The first-order valence-corrected chi connectivity index (χ1v) is 4.61. The lowest BCUT2D eigenvalue weighted by atomic mass is 9.93. The number of nitrogens with zero attached hydrogens (tertiary/aromatic N) is 2. The van der Waals surface area contributed by atoms with Gasteiger partial charge in [-0.2, -0.15) is 0 Å². The predicted molar refractivity (Wildman–Crippen MR) is 54.5 cm³/mol. The topological polar surface area (TPSA) is 43.8 Å². The van der Waals surface area contributed by atoms with Gasteiger partial charge in [-0.15, -0.1) is 0 Å². The van der Waals surface area contributed by atoms with Crippen LogP contribution in [-0.4, -0.2) is 9.55 Å². The summed E-state index contributed by atoms with van der Waals surface area (Å²) in [6.45, 7) is 8.41. The van der Waals surface area contributed by atoms with Gasteiger partial charge in [0.05, 0.1) is 11.7 Å². The summed E-state index contributed by atoms with van der Waals surface area (Å²) in [6.07, 6.45) is 2.05. The molecule has 3 nitrogen and oxygen atoms in total. The van der Waals surface area contributed by atoms with Crippen LogP contribution in [0.25, 0.3) is 0 Å². The molecule has 0 saturated heterocycles. The molecule has 1 unspecified atom stereocenters. The van der Waals surface area contributed by atoms with E-state index in [0.29, 0.717) is 0 Å². The lowest BCUT2D eigenvalue weighted by Crippen LogP contribution is -2.13. The molecule has 74 valence electrons. The third kappa shape index (κ3) is 2.10. The van der Waals surface area contributed by atoms with Crippen LogP contribution in [-0.2, 0) is 12.5 Å². The van der Waals surface area contributed by atoms with Crippen molar-refractivity contribution < 1.29 is 0 Å². The van der Waals surface area contributed by atoms with Gasteiger partial charge in [0.1, 0.15) is 5.82 Å². The second kappa shape index (κ2) is 3.14. The average Bonchev–Trinajstić information content (AvgIpc) is 2.29. The minimum atomic E-state index is 0.00102. The first-order valence-electron chi connectivity index (χ1n) is 4.61. The number of aryl methyl sites for hydroxylation is 1. The largest absolute Gasteiger partial charge is 0.336 e. The maximum atomic E-state index is 5.79. The molecule has 0 amide bonds. The van der Waals surface area contributed by atoms with Crippen molar-refractivity contribution in [1.29, 1.82) is 0 Å². The molecular weight excluding hydrogens is 162 g/mol. The molecule has 13 heavy (non-hydrogen) atoms. The third-order valence-corrected chi connectivity index (χ3v) is 2.09. The van der Waals surface area contributed by atoms with Crippen LogP contribution >= 0.6 is 0 Å². The summed E-state index contributed by atoms with van der Waals surface area (Å²) >= 11 is 0. The zero-order valence-corrected chi connectivity index (χ0v) is 9.13. The molecule has 0 fully saturated rings. The first kappa shape index (κ1) is 10.3. The van der Waals surface area contributed by atoms with E-state index in [-0.39, 0.29) is 11.5 Å². The third-order valence-electron chi connectivity index (χ3n) is 2.09. The molecule has 0 aliphatic heterocycles. The highest BCUT2D eigenvalue weighted by molar-refractivity contribution is 5.14. The van der Waals surface area contributed by atoms with Gasteiger partial charge in [-0.1, -0.05) is 20.8 Å². The van der Waals surface area contributed by atoms with Crippen LogP contribution in [0.5, 0.6) is 0 Å². The van der Waals surface area contributed by atoms with Gasteiger partial charge < -0.3 is 10.3 Å². The van der Waals surface area contributed by atoms with Crippen LogP contribution in [0, 0.1) is 0 Å². The molecule has 2 N–H and O–H groups in total. The maximum Gasteiger partial charge on any atom is 0.125 e. The van der Waals surface area contributed by atoms with E-state index in [4.69, 9.17) is 5.73 Å². The predicted octanol–water partition coefficient (Wildman–Crippen LogP) is 1.74. The van der Waals surface area contributed by atoms with Gasteiger partial charge in [0.2, 0.25) is 0 Å². The van der Waals surface area contributed by atoms with E-state index in [2.05, 4.69) is 32.0 Å². The normalized spacial score (nSPS) is 14.6. The number of nitrogens with two attached hydrogens (primary N) is 1. The fourth-order valence-electron chi connectivity index (χ4n) is 1.27. The number of hydrogen-bond donors (Lipinski definition) is 1. The number of hydrogen-bond acceptors (Lipinski definition) is 2. The molecule has 0 spiro atoms. The zero-order valence-electron chi connectivity index (χ0n) is 9.13. The van der Waals surface area contributed by atoms with E-state index < -0.39 is 0 Å². The van der Waals surface area contributed by atoms with E-state index in [1.165, 1.54) is 0 Å². The molecule has 0 aliphatic rings. The molecule has 0 aliphatic carbocycles. The lowest BCUT2D eigenvalue weighted by Gasteiger charge is -2.14. The van der Waals surface area contributed by atoms with Crippen LogP contribution in [0.15, 0.2) is 6.20 Å². The minimum Gasteiger partial charge on any atom is -0.336 e. The highest BCUT2D eigenvalue weighted by atomic mass is 15.1. The summed E-state index contributed by atoms with van der Waals surface area (Å²) in [5.74, 6) is 0.949. The Morgan fingerprint density at radius 2 is 2.00 bits per heavy atom. The summed E-state index contributed by atoms with van der Waals surface area (Å²) in [5.41, 5.74) is 6.99. The molecule has 0 saturated carbocycles. The maximum absolute atomic E-state index is 5.79. The molecule has 3 heteroatoms. The standard InChI is InChI=1S/C10H19N3/c1-7(11)9-12-8(6-13(9)5)10(2,3)4/h6-7H,11H2,1-5H3. The number of rotatable bonds is 1. The second-order valence-corrected chi connectivity index (χ2v) is 4.63. The molecule has 1 heterocycles. The summed E-state index contributed by atoms with van der Waals surface area (Å²) in [6, 6.07) is 0.00102. The van der Waals surface area contributed by atoms with Gasteiger partial charge in [0, 0.05) is 18.7 Å². The zero-order chi connectivity index (χ0) is 10.2. The smallest absolute Gasteiger partial charge is 0.125 e. The van der Waals surface area contributed by atoms with Crippen molar-refractivity contribution >= 4 is 0 Å². The van der Waals surface area contributed by atoms with Crippen LogP contribution in [0.2, 0.25) is 0 Å². The van der Waals surface area contributed by atoms with Crippen LogP contribution in [0.1, 0.15) is 45.3 Å². The van der Waals surface area contributed by atoms with Crippen molar-refractivity contribution in [2.45, 2.75) is 39.2 Å². The Kier molecular flexibility index (Phi) is 2.48. The van der Waals surface area contributed by atoms with E-state index in [9.17, 15) is 0 Å². The summed E-state index contributed by atoms with van der Waals surface area (Å²) < 4.78 is 2.01. The van der Waals surface area contributed by atoms with Gasteiger partial charge in [-0.3, -0.25) is 0 Å². The van der Waals surface area contributed by atoms with Crippen molar-refractivity contribution in [2.24, 2.45) is 12.8 Å². The van der Waals surface area contributed by atoms with Crippen molar-refractivity contribution in [3.63, 3.8) is 0 Å². The minimum absolute atomic E-state index is 0.00102. The molecule has 0 aromatic carbocycles.